The molecule has 0 spiro atoms. The molecule has 1 aromatic heterocycles. The van der Waals surface area contributed by atoms with E-state index in [-0.39, 0.29) is 5.91 Å². The van der Waals surface area contributed by atoms with Gasteiger partial charge in [-0.25, -0.2) is 0 Å². The highest BCUT2D eigenvalue weighted by Gasteiger charge is 2.08. The third-order valence-corrected chi connectivity index (χ3v) is 3.37. The molecule has 98 valence electrons. The molecule has 2 N–H and O–H groups in total. The van der Waals surface area contributed by atoms with Gasteiger partial charge in [-0.1, -0.05) is 0 Å². The molecule has 0 unspecified atom stereocenters. The summed E-state index contributed by atoms with van der Waals surface area (Å²) in [6.45, 7) is 0. The average Bonchev–Trinajstić information content (AvgIpc) is 2.48. The van der Waals surface area contributed by atoms with Crippen molar-refractivity contribution in [3.05, 3.63) is 48.3 Å². The smallest absolute Gasteiger partial charge is 0.274 e. The lowest BCUT2D eigenvalue weighted by Crippen LogP contribution is -2.13. The van der Waals surface area contributed by atoms with Crippen molar-refractivity contribution in [2.24, 2.45) is 0 Å². The number of benzene rings is 1. The van der Waals surface area contributed by atoms with E-state index in [1.165, 1.54) is 0 Å². The minimum Gasteiger partial charge on any atom is -0.388 e. The van der Waals surface area contributed by atoms with E-state index in [1.807, 2.05) is 36.6 Å². The zero-order chi connectivity index (χ0) is 13.7. The van der Waals surface area contributed by atoms with Crippen molar-refractivity contribution in [3.63, 3.8) is 0 Å². The largest absolute Gasteiger partial charge is 0.388 e. The van der Waals surface area contributed by atoms with Gasteiger partial charge in [-0.3, -0.25) is 9.78 Å². The van der Waals surface area contributed by atoms with Crippen LogP contribution in [-0.2, 0) is 0 Å². The number of hydrogen-bond donors (Lipinski definition) is 2. The average molecular weight is 273 g/mol. The summed E-state index contributed by atoms with van der Waals surface area (Å²) < 4.78 is 0. The van der Waals surface area contributed by atoms with Gasteiger partial charge in [-0.05, 0) is 42.7 Å². The van der Waals surface area contributed by atoms with Crippen LogP contribution in [-0.4, -0.2) is 24.2 Å². The van der Waals surface area contributed by atoms with E-state index in [1.54, 1.807) is 31.1 Å². The van der Waals surface area contributed by atoms with E-state index in [4.69, 9.17) is 0 Å². The maximum atomic E-state index is 12.0. The molecule has 1 aromatic carbocycles. The van der Waals surface area contributed by atoms with Crippen molar-refractivity contribution in [1.29, 1.82) is 0 Å². The third-order valence-electron chi connectivity index (χ3n) is 2.63. The van der Waals surface area contributed by atoms with Gasteiger partial charge in [0.15, 0.2) is 0 Å². The molecule has 2 aromatic rings. The number of nitrogens with zero attached hydrogens (tertiary/aromatic N) is 1. The van der Waals surface area contributed by atoms with E-state index in [9.17, 15) is 4.79 Å². The Hall–Kier alpha value is -2.01. The van der Waals surface area contributed by atoms with Gasteiger partial charge < -0.3 is 10.6 Å². The van der Waals surface area contributed by atoms with Crippen molar-refractivity contribution in [2.45, 2.75) is 4.90 Å². The molecular formula is C14H15N3OS. The van der Waals surface area contributed by atoms with Crippen LogP contribution >= 0.6 is 11.8 Å². The lowest BCUT2D eigenvalue weighted by atomic mass is 10.2. The number of aromatic nitrogens is 1. The second-order valence-corrected chi connectivity index (χ2v) is 4.74. The molecule has 0 aliphatic rings. The molecule has 1 amide bonds. The SMILES string of the molecule is CNc1ccnc(C(=O)Nc2ccc(SC)cc2)c1. The molecule has 0 bridgehead atoms. The summed E-state index contributed by atoms with van der Waals surface area (Å²) in [6, 6.07) is 11.2. The van der Waals surface area contributed by atoms with Gasteiger partial charge in [-0.15, -0.1) is 11.8 Å². The summed E-state index contributed by atoms with van der Waals surface area (Å²) in [7, 11) is 1.80. The predicted octanol–water partition coefficient (Wildman–Crippen LogP) is 3.10. The minimum absolute atomic E-state index is 0.214. The van der Waals surface area contributed by atoms with Gasteiger partial charge in [0.25, 0.3) is 5.91 Å². The van der Waals surface area contributed by atoms with E-state index < -0.39 is 0 Å². The van der Waals surface area contributed by atoms with Crippen LogP contribution in [0.3, 0.4) is 0 Å². The number of thioether (sulfide) groups is 1. The minimum atomic E-state index is -0.214. The first-order chi connectivity index (χ1) is 9.22. The van der Waals surface area contributed by atoms with Gasteiger partial charge in [0, 0.05) is 29.5 Å². The first-order valence-corrected chi connectivity index (χ1v) is 7.04. The topological polar surface area (TPSA) is 54.0 Å². The van der Waals surface area contributed by atoms with Crippen LogP contribution in [0.5, 0.6) is 0 Å². The van der Waals surface area contributed by atoms with Crippen molar-refractivity contribution in [1.82, 2.24) is 4.98 Å². The van der Waals surface area contributed by atoms with Gasteiger partial charge in [-0.2, -0.15) is 0 Å². The van der Waals surface area contributed by atoms with Crippen LogP contribution < -0.4 is 10.6 Å². The molecule has 2 rings (SSSR count). The standard InChI is InChI=1S/C14H15N3OS/c1-15-11-7-8-16-13(9-11)14(18)17-10-3-5-12(19-2)6-4-10/h3-9H,1-2H3,(H,15,16)(H,17,18). The lowest BCUT2D eigenvalue weighted by molar-refractivity contribution is 0.102. The molecule has 5 heteroatoms. The second-order valence-electron chi connectivity index (χ2n) is 3.86. The van der Waals surface area contributed by atoms with E-state index in [2.05, 4.69) is 15.6 Å². The molecule has 0 radical (unpaired) electrons. The van der Waals surface area contributed by atoms with Crippen LogP contribution in [0.25, 0.3) is 0 Å². The molecule has 0 saturated heterocycles. The number of carbonyl (C=O) groups excluding carboxylic acids is 1. The highest BCUT2D eigenvalue weighted by atomic mass is 32.2. The van der Waals surface area contributed by atoms with Crippen molar-refractivity contribution in [2.75, 3.05) is 23.9 Å². The van der Waals surface area contributed by atoms with Gasteiger partial charge in [0.1, 0.15) is 5.69 Å². The zero-order valence-electron chi connectivity index (χ0n) is 10.8. The summed E-state index contributed by atoms with van der Waals surface area (Å²) in [6.07, 6.45) is 3.62. The molecule has 0 aliphatic carbocycles. The Morgan fingerprint density at radius 3 is 2.53 bits per heavy atom. The fraction of sp³-hybridized carbons (Fsp3) is 0.143. The summed E-state index contributed by atoms with van der Waals surface area (Å²) in [5, 5.41) is 5.80. The summed E-state index contributed by atoms with van der Waals surface area (Å²) >= 11 is 1.66. The first-order valence-electron chi connectivity index (χ1n) is 5.82. The van der Waals surface area contributed by atoms with Gasteiger partial charge >= 0.3 is 0 Å². The number of hydrogen-bond acceptors (Lipinski definition) is 4. The number of carbonyl (C=O) groups is 1. The monoisotopic (exact) mass is 273 g/mol. The maximum Gasteiger partial charge on any atom is 0.274 e. The predicted molar refractivity (Wildman–Crippen MR) is 80.0 cm³/mol. The number of rotatable bonds is 4. The van der Waals surface area contributed by atoms with Crippen LogP contribution in [0.4, 0.5) is 11.4 Å². The molecule has 0 aliphatic heterocycles. The van der Waals surface area contributed by atoms with E-state index in [0.29, 0.717) is 5.69 Å². The fourth-order valence-electron chi connectivity index (χ4n) is 1.58. The molecular weight excluding hydrogens is 258 g/mol. The molecule has 1 heterocycles. The Morgan fingerprint density at radius 2 is 1.89 bits per heavy atom. The molecule has 0 saturated carbocycles. The Bertz CT molecular complexity index is 569. The molecule has 0 fully saturated rings. The zero-order valence-corrected chi connectivity index (χ0v) is 11.6. The Balaban J connectivity index is 2.11. The third kappa shape index (κ3) is 3.48. The van der Waals surface area contributed by atoms with Crippen LogP contribution in [0.2, 0.25) is 0 Å². The summed E-state index contributed by atoms with van der Waals surface area (Å²) in [5.41, 5.74) is 2.01. The molecule has 4 nitrogen and oxygen atoms in total. The number of pyridine rings is 1. The fourth-order valence-corrected chi connectivity index (χ4v) is 1.99. The van der Waals surface area contributed by atoms with E-state index >= 15 is 0 Å². The van der Waals surface area contributed by atoms with E-state index in [0.717, 1.165) is 16.3 Å². The lowest BCUT2D eigenvalue weighted by Gasteiger charge is -2.06. The quantitative estimate of drug-likeness (QED) is 0.840. The number of amides is 1. The molecule has 19 heavy (non-hydrogen) atoms. The van der Waals surface area contributed by atoms with Crippen molar-refractivity contribution >= 4 is 29.0 Å². The van der Waals surface area contributed by atoms with Gasteiger partial charge in [0.2, 0.25) is 0 Å². The van der Waals surface area contributed by atoms with Crippen LogP contribution in [0.1, 0.15) is 10.5 Å². The van der Waals surface area contributed by atoms with Gasteiger partial charge in [0.05, 0.1) is 0 Å². The normalized spacial score (nSPS) is 10.0. The van der Waals surface area contributed by atoms with Crippen LogP contribution in [0.15, 0.2) is 47.5 Å². The molecule has 0 atom stereocenters. The van der Waals surface area contributed by atoms with Crippen molar-refractivity contribution in [3.8, 4) is 0 Å². The number of anilines is 2. The maximum absolute atomic E-state index is 12.0. The summed E-state index contributed by atoms with van der Waals surface area (Å²) in [4.78, 5) is 17.3. The highest BCUT2D eigenvalue weighted by Crippen LogP contribution is 2.18. The Morgan fingerprint density at radius 1 is 1.16 bits per heavy atom. The van der Waals surface area contributed by atoms with Crippen molar-refractivity contribution < 1.29 is 4.79 Å². The first kappa shape index (κ1) is 13.4. The second kappa shape index (κ2) is 6.24. The highest BCUT2D eigenvalue weighted by molar-refractivity contribution is 7.98. The Kier molecular flexibility index (Phi) is 4.41. The summed E-state index contributed by atoms with van der Waals surface area (Å²) in [5.74, 6) is -0.214. The number of nitrogens with one attached hydrogen (secondary N) is 2. The Labute approximate surface area is 116 Å². The van der Waals surface area contributed by atoms with Crippen LogP contribution in [0, 0.1) is 0 Å².